The minimum atomic E-state index is 0.402. The minimum absolute atomic E-state index is 0.402. The Labute approximate surface area is 180 Å². The zero-order valence-electron chi connectivity index (χ0n) is 19.9. The van der Waals surface area contributed by atoms with Crippen molar-refractivity contribution in [2.75, 3.05) is 0 Å². The van der Waals surface area contributed by atoms with Gasteiger partial charge in [0, 0.05) is 12.8 Å². The van der Waals surface area contributed by atoms with E-state index < -0.39 is 0 Å². The van der Waals surface area contributed by atoms with Gasteiger partial charge in [-0.05, 0) is 84.9 Å². The maximum absolute atomic E-state index is 12.1. The molecule has 0 aromatic carbocycles. The molecule has 29 heavy (non-hydrogen) atoms. The molecule has 0 saturated heterocycles. The van der Waals surface area contributed by atoms with E-state index in [1.54, 1.807) is 0 Å². The van der Waals surface area contributed by atoms with E-state index in [0.717, 1.165) is 48.9 Å². The van der Waals surface area contributed by atoms with Gasteiger partial charge in [-0.1, -0.05) is 72.0 Å². The summed E-state index contributed by atoms with van der Waals surface area (Å²) in [6.07, 6.45) is 18.0. The number of allylic oxidation sites excluding steroid dienone is 2. The Bertz CT molecular complexity index is 647. The first-order chi connectivity index (χ1) is 13.8. The second kappa shape index (κ2) is 8.16. The molecule has 4 unspecified atom stereocenters. The highest BCUT2D eigenvalue weighted by molar-refractivity contribution is 5.79. The van der Waals surface area contributed by atoms with Gasteiger partial charge in [-0.15, -0.1) is 0 Å². The van der Waals surface area contributed by atoms with E-state index >= 15 is 0 Å². The summed E-state index contributed by atoms with van der Waals surface area (Å²) < 4.78 is 0. The number of fused-ring (bicyclic) bond motifs is 5. The summed E-state index contributed by atoms with van der Waals surface area (Å²) in [5.41, 5.74) is 2.78. The molecular weight excluding hydrogens is 352 g/mol. The number of Topliss-reactive ketones (excluding diaryl/α,β-unsaturated/α-hetero) is 1. The van der Waals surface area contributed by atoms with Crippen molar-refractivity contribution in [3.8, 4) is 0 Å². The summed E-state index contributed by atoms with van der Waals surface area (Å²) in [5, 5.41) is 0. The van der Waals surface area contributed by atoms with Crippen LogP contribution in [0, 0.1) is 46.3 Å². The van der Waals surface area contributed by atoms with Gasteiger partial charge in [0.1, 0.15) is 5.78 Å². The molecule has 0 radical (unpaired) electrons. The van der Waals surface area contributed by atoms with E-state index in [1.807, 2.05) is 5.57 Å². The molecule has 0 amide bonds. The Balaban J connectivity index is 1.47. The Kier molecular flexibility index (Phi) is 6.09. The van der Waals surface area contributed by atoms with Crippen LogP contribution in [0.15, 0.2) is 11.6 Å². The predicted molar refractivity (Wildman–Crippen MR) is 123 cm³/mol. The lowest BCUT2D eigenvalue weighted by atomic mass is 9.47. The number of ketones is 1. The average molecular weight is 399 g/mol. The van der Waals surface area contributed by atoms with Gasteiger partial charge in [0.15, 0.2) is 0 Å². The Morgan fingerprint density at radius 2 is 1.79 bits per heavy atom. The van der Waals surface area contributed by atoms with Crippen LogP contribution in [0.5, 0.6) is 0 Å². The van der Waals surface area contributed by atoms with Crippen molar-refractivity contribution in [3.63, 3.8) is 0 Å². The molecule has 0 aliphatic heterocycles. The molecule has 0 N–H and O–H groups in total. The lowest BCUT2D eigenvalue weighted by Gasteiger charge is -2.57. The van der Waals surface area contributed by atoms with Crippen molar-refractivity contribution in [2.24, 2.45) is 46.3 Å². The molecule has 164 valence electrons. The summed E-state index contributed by atoms with van der Waals surface area (Å²) in [6, 6.07) is 0. The molecule has 0 aromatic heterocycles. The molecule has 4 rings (SSSR count). The standard InChI is InChI=1S/C28H46O/c1-6-19(2)8-7-9-20(3)24-12-13-25-23-11-10-21-18-22(29)14-16-27(21,4)26(23)15-17-28(24,25)5/h11,19-21,24-26H,6-10,12-18H2,1-5H3/t19-,20?,21?,24+,25?,26?,27-,28+/m0/s1. The maximum Gasteiger partial charge on any atom is 0.133 e. The zero-order chi connectivity index (χ0) is 20.8. The van der Waals surface area contributed by atoms with Crippen molar-refractivity contribution in [3.05, 3.63) is 11.6 Å². The second-order valence-corrected chi connectivity index (χ2v) is 12.1. The third-order valence-corrected chi connectivity index (χ3v) is 10.7. The van der Waals surface area contributed by atoms with Gasteiger partial charge in [-0.25, -0.2) is 0 Å². The van der Waals surface area contributed by atoms with Crippen LogP contribution in [-0.2, 0) is 4.79 Å². The number of hydrogen-bond donors (Lipinski definition) is 0. The van der Waals surface area contributed by atoms with Gasteiger partial charge in [0.05, 0.1) is 0 Å². The maximum atomic E-state index is 12.1. The van der Waals surface area contributed by atoms with E-state index in [0.29, 0.717) is 22.5 Å². The topological polar surface area (TPSA) is 17.1 Å². The molecule has 1 heteroatoms. The molecule has 0 aromatic rings. The first-order valence-electron chi connectivity index (χ1n) is 13.0. The van der Waals surface area contributed by atoms with E-state index in [4.69, 9.17) is 0 Å². The van der Waals surface area contributed by atoms with Crippen molar-refractivity contribution < 1.29 is 4.79 Å². The van der Waals surface area contributed by atoms with Crippen LogP contribution >= 0.6 is 0 Å². The van der Waals surface area contributed by atoms with Crippen molar-refractivity contribution >= 4 is 5.78 Å². The average Bonchev–Trinajstić information content (AvgIpc) is 3.05. The number of hydrogen-bond acceptors (Lipinski definition) is 1. The number of carbonyl (C=O) groups is 1. The van der Waals surface area contributed by atoms with Crippen LogP contribution < -0.4 is 0 Å². The van der Waals surface area contributed by atoms with E-state index in [9.17, 15) is 4.79 Å². The Morgan fingerprint density at radius 3 is 2.55 bits per heavy atom. The van der Waals surface area contributed by atoms with E-state index in [2.05, 4.69) is 40.7 Å². The minimum Gasteiger partial charge on any atom is -0.300 e. The zero-order valence-corrected chi connectivity index (χ0v) is 19.9. The molecule has 4 aliphatic carbocycles. The van der Waals surface area contributed by atoms with Crippen LogP contribution in [0.3, 0.4) is 0 Å². The fourth-order valence-corrected chi connectivity index (χ4v) is 8.47. The fourth-order valence-electron chi connectivity index (χ4n) is 8.47. The van der Waals surface area contributed by atoms with Gasteiger partial charge in [0.2, 0.25) is 0 Å². The molecule has 3 fully saturated rings. The van der Waals surface area contributed by atoms with Crippen LogP contribution in [0.2, 0.25) is 0 Å². The molecule has 0 bridgehead atoms. The molecule has 8 atom stereocenters. The predicted octanol–water partition coefficient (Wildman–Crippen LogP) is 7.99. The SMILES string of the molecule is CC[C@H](C)CCCC(C)[C@H]1CCC2C3=CCC4CC(=O)CC[C@]4(C)C3CC[C@@]21C. The van der Waals surface area contributed by atoms with Crippen LogP contribution in [0.1, 0.15) is 112 Å². The first kappa shape index (κ1) is 21.6. The molecule has 3 saturated carbocycles. The highest BCUT2D eigenvalue weighted by atomic mass is 16.1. The van der Waals surface area contributed by atoms with Gasteiger partial charge >= 0.3 is 0 Å². The third kappa shape index (κ3) is 3.67. The largest absolute Gasteiger partial charge is 0.300 e. The van der Waals surface area contributed by atoms with Gasteiger partial charge in [-0.3, -0.25) is 4.79 Å². The summed E-state index contributed by atoms with van der Waals surface area (Å²) in [6.45, 7) is 12.5. The molecule has 0 heterocycles. The Hall–Kier alpha value is -0.590. The highest BCUT2D eigenvalue weighted by Crippen LogP contribution is 2.66. The van der Waals surface area contributed by atoms with E-state index in [1.165, 1.54) is 57.8 Å². The monoisotopic (exact) mass is 398 g/mol. The third-order valence-electron chi connectivity index (χ3n) is 10.7. The molecule has 4 aliphatic rings. The first-order valence-corrected chi connectivity index (χ1v) is 13.0. The molecule has 1 nitrogen and oxygen atoms in total. The quantitative estimate of drug-likeness (QED) is 0.414. The smallest absolute Gasteiger partial charge is 0.133 e. The van der Waals surface area contributed by atoms with Crippen LogP contribution in [-0.4, -0.2) is 5.78 Å². The number of rotatable bonds is 6. The van der Waals surface area contributed by atoms with Crippen LogP contribution in [0.4, 0.5) is 0 Å². The van der Waals surface area contributed by atoms with Gasteiger partial charge < -0.3 is 0 Å². The summed E-state index contributed by atoms with van der Waals surface area (Å²) in [4.78, 5) is 12.1. The molecular formula is C28H46O. The molecule has 0 spiro atoms. The normalized spacial score (nSPS) is 43.8. The van der Waals surface area contributed by atoms with Crippen molar-refractivity contribution in [1.82, 2.24) is 0 Å². The lowest BCUT2D eigenvalue weighted by molar-refractivity contribution is -0.127. The number of carbonyl (C=O) groups excluding carboxylic acids is 1. The van der Waals surface area contributed by atoms with Crippen molar-refractivity contribution in [1.29, 1.82) is 0 Å². The summed E-state index contributed by atoms with van der Waals surface area (Å²) in [7, 11) is 0. The fraction of sp³-hybridized carbons (Fsp3) is 0.893. The second-order valence-electron chi connectivity index (χ2n) is 12.1. The Morgan fingerprint density at radius 1 is 1.03 bits per heavy atom. The van der Waals surface area contributed by atoms with Crippen molar-refractivity contribution in [2.45, 2.75) is 112 Å². The highest BCUT2D eigenvalue weighted by Gasteiger charge is 2.58. The van der Waals surface area contributed by atoms with Gasteiger partial charge in [-0.2, -0.15) is 0 Å². The summed E-state index contributed by atoms with van der Waals surface area (Å²) >= 11 is 0. The van der Waals surface area contributed by atoms with Gasteiger partial charge in [0.25, 0.3) is 0 Å². The lowest BCUT2D eigenvalue weighted by Crippen LogP contribution is -2.49. The van der Waals surface area contributed by atoms with Crippen LogP contribution in [0.25, 0.3) is 0 Å². The summed E-state index contributed by atoms with van der Waals surface area (Å²) in [5.74, 6) is 5.45. The van der Waals surface area contributed by atoms with E-state index in [-0.39, 0.29) is 0 Å².